The molecule has 0 atom stereocenters. The standard InChI is InChI=1S/C16H15N3O3S/c1-10(2)14-18-16(23-19-14)22-12-7-5-11(6-8-12)17-15(20)13-4-3-9-21-13/h3-10H,1-2H3,(H,17,20). The summed E-state index contributed by atoms with van der Waals surface area (Å²) in [5.74, 6) is 1.64. The third kappa shape index (κ3) is 3.75. The van der Waals surface area contributed by atoms with Crippen molar-refractivity contribution in [2.75, 3.05) is 5.32 Å². The molecule has 3 rings (SSSR count). The van der Waals surface area contributed by atoms with Crippen LogP contribution in [-0.2, 0) is 0 Å². The molecule has 0 saturated carbocycles. The number of anilines is 1. The van der Waals surface area contributed by atoms with Crippen molar-refractivity contribution in [3.8, 4) is 10.9 Å². The number of rotatable bonds is 5. The second kappa shape index (κ2) is 6.62. The molecule has 1 aromatic carbocycles. The van der Waals surface area contributed by atoms with Crippen molar-refractivity contribution < 1.29 is 13.9 Å². The first-order valence-corrected chi connectivity index (χ1v) is 7.85. The predicted molar refractivity (Wildman–Crippen MR) is 87.2 cm³/mol. The van der Waals surface area contributed by atoms with Crippen LogP contribution in [0.1, 0.15) is 36.1 Å². The molecule has 6 nitrogen and oxygen atoms in total. The molecule has 0 bridgehead atoms. The highest BCUT2D eigenvalue weighted by Crippen LogP contribution is 2.26. The van der Waals surface area contributed by atoms with Gasteiger partial charge in [0.25, 0.3) is 11.1 Å². The number of nitrogens with zero attached hydrogens (tertiary/aromatic N) is 2. The van der Waals surface area contributed by atoms with Crippen molar-refractivity contribution in [1.82, 2.24) is 9.36 Å². The summed E-state index contributed by atoms with van der Waals surface area (Å²) in [6.45, 7) is 4.06. The Hall–Kier alpha value is -2.67. The van der Waals surface area contributed by atoms with Gasteiger partial charge in [0.15, 0.2) is 5.76 Å². The second-order valence-electron chi connectivity index (χ2n) is 5.13. The lowest BCUT2D eigenvalue weighted by Crippen LogP contribution is -2.10. The van der Waals surface area contributed by atoms with Crippen LogP contribution in [0.4, 0.5) is 5.69 Å². The van der Waals surface area contributed by atoms with E-state index in [4.69, 9.17) is 9.15 Å². The van der Waals surface area contributed by atoms with Gasteiger partial charge in [0.2, 0.25) is 0 Å². The Balaban J connectivity index is 1.63. The Morgan fingerprint density at radius 1 is 1.26 bits per heavy atom. The fourth-order valence-corrected chi connectivity index (χ4v) is 2.49. The highest BCUT2D eigenvalue weighted by molar-refractivity contribution is 7.07. The van der Waals surface area contributed by atoms with Gasteiger partial charge in [0.05, 0.1) is 6.26 Å². The van der Waals surface area contributed by atoms with Crippen molar-refractivity contribution >= 4 is 23.1 Å². The monoisotopic (exact) mass is 329 g/mol. The van der Waals surface area contributed by atoms with Gasteiger partial charge in [-0.15, -0.1) is 0 Å². The maximum absolute atomic E-state index is 11.9. The molecular weight excluding hydrogens is 314 g/mol. The highest BCUT2D eigenvalue weighted by Gasteiger charge is 2.10. The number of carbonyl (C=O) groups excluding carboxylic acids is 1. The quantitative estimate of drug-likeness (QED) is 0.755. The summed E-state index contributed by atoms with van der Waals surface area (Å²) in [5, 5.41) is 3.24. The van der Waals surface area contributed by atoms with Gasteiger partial charge in [0.1, 0.15) is 11.6 Å². The average Bonchev–Trinajstić information content (AvgIpc) is 3.20. The summed E-state index contributed by atoms with van der Waals surface area (Å²) in [6, 6.07) is 10.3. The van der Waals surface area contributed by atoms with Gasteiger partial charge >= 0.3 is 0 Å². The van der Waals surface area contributed by atoms with E-state index in [1.807, 2.05) is 13.8 Å². The summed E-state index contributed by atoms with van der Waals surface area (Å²) >= 11 is 1.22. The van der Waals surface area contributed by atoms with E-state index in [-0.39, 0.29) is 17.6 Å². The number of carbonyl (C=O) groups is 1. The largest absolute Gasteiger partial charge is 0.459 e. The number of amides is 1. The number of ether oxygens (including phenoxy) is 1. The summed E-state index contributed by atoms with van der Waals surface area (Å²) in [4.78, 5) is 16.2. The molecule has 0 fully saturated rings. The Kier molecular flexibility index (Phi) is 4.38. The van der Waals surface area contributed by atoms with Crippen LogP contribution < -0.4 is 10.1 Å². The third-order valence-corrected chi connectivity index (χ3v) is 3.61. The third-order valence-electron chi connectivity index (χ3n) is 3.00. The maximum Gasteiger partial charge on any atom is 0.298 e. The molecule has 7 heteroatoms. The smallest absolute Gasteiger partial charge is 0.298 e. The molecule has 0 radical (unpaired) electrons. The Morgan fingerprint density at radius 2 is 2.04 bits per heavy atom. The lowest BCUT2D eigenvalue weighted by atomic mass is 10.2. The molecule has 2 heterocycles. The van der Waals surface area contributed by atoms with Crippen LogP contribution in [0, 0.1) is 0 Å². The first-order valence-electron chi connectivity index (χ1n) is 7.08. The van der Waals surface area contributed by atoms with E-state index in [0.29, 0.717) is 16.6 Å². The van der Waals surface area contributed by atoms with Gasteiger partial charge in [0, 0.05) is 23.1 Å². The molecule has 1 amide bonds. The summed E-state index contributed by atoms with van der Waals surface area (Å²) in [6.07, 6.45) is 1.46. The number of hydrogen-bond donors (Lipinski definition) is 1. The van der Waals surface area contributed by atoms with Gasteiger partial charge in [-0.1, -0.05) is 13.8 Å². The molecule has 0 aliphatic carbocycles. The molecule has 0 aliphatic rings. The highest BCUT2D eigenvalue weighted by atomic mass is 32.1. The van der Waals surface area contributed by atoms with Crippen molar-refractivity contribution in [2.45, 2.75) is 19.8 Å². The Labute approximate surface area is 137 Å². The molecule has 118 valence electrons. The van der Waals surface area contributed by atoms with E-state index in [1.54, 1.807) is 36.4 Å². The minimum Gasteiger partial charge on any atom is -0.459 e. The van der Waals surface area contributed by atoms with E-state index in [0.717, 1.165) is 5.82 Å². The van der Waals surface area contributed by atoms with E-state index in [2.05, 4.69) is 14.7 Å². The first kappa shape index (κ1) is 15.2. The fourth-order valence-electron chi connectivity index (χ4n) is 1.80. The van der Waals surface area contributed by atoms with E-state index < -0.39 is 0 Å². The maximum atomic E-state index is 11.9. The topological polar surface area (TPSA) is 77.2 Å². The van der Waals surface area contributed by atoms with Crippen LogP contribution in [0.25, 0.3) is 0 Å². The number of nitrogens with one attached hydrogen (secondary N) is 1. The average molecular weight is 329 g/mol. The van der Waals surface area contributed by atoms with E-state index in [9.17, 15) is 4.79 Å². The van der Waals surface area contributed by atoms with Crippen LogP contribution in [0.5, 0.6) is 10.9 Å². The molecule has 3 aromatic rings. The summed E-state index contributed by atoms with van der Waals surface area (Å²) in [5.41, 5.74) is 0.652. The molecule has 2 aromatic heterocycles. The lowest BCUT2D eigenvalue weighted by molar-refractivity contribution is 0.0996. The first-order chi connectivity index (χ1) is 11.1. The number of furan rings is 1. The SMILES string of the molecule is CC(C)c1nsc(Oc2ccc(NC(=O)c3ccco3)cc2)n1. The van der Waals surface area contributed by atoms with Crippen LogP contribution in [0.15, 0.2) is 47.1 Å². The van der Waals surface area contributed by atoms with Crippen molar-refractivity contribution in [1.29, 1.82) is 0 Å². The van der Waals surface area contributed by atoms with Gasteiger partial charge in [-0.05, 0) is 36.4 Å². The normalized spacial score (nSPS) is 10.7. The van der Waals surface area contributed by atoms with Crippen LogP contribution in [0.2, 0.25) is 0 Å². The number of benzene rings is 1. The molecule has 0 unspecified atom stereocenters. The predicted octanol–water partition coefficient (Wildman–Crippen LogP) is 4.30. The second-order valence-corrected chi connectivity index (χ2v) is 5.85. The van der Waals surface area contributed by atoms with Crippen LogP contribution >= 0.6 is 11.5 Å². The lowest BCUT2D eigenvalue weighted by Gasteiger charge is -2.05. The van der Waals surface area contributed by atoms with Crippen LogP contribution in [-0.4, -0.2) is 15.3 Å². The summed E-state index contributed by atoms with van der Waals surface area (Å²) < 4.78 is 14.9. The molecule has 0 aliphatic heterocycles. The van der Waals surface area contributed by atoms with Gasteiger partial charge in [-0.3, -0.25) is 4.79 Å². The molecule has 1 N–H and O–H groups in total. The summed E-state index contributed by atoms with van der Waals surface area (Å²) in [7, 11) is 0. The molecule has 0 saturated heterocycles. The molecular formula is C16H15N3O3S. The zero-order valence-corrected chi connectivity index (χ0v) is 13.5. The van der Waals surface area contributed by atoms with Gasteiger partial charge in [-0.25, -0.2) is 0 Å². The van der Waals surface area contributed by atoms with Gasteiger partial charge in [-0.2, -0.15) is 9.36 Å². The fraction of sp³-hybridized carbons (Fsp3) is 0.188. The minimum absolute atomic E-state index is 0.264. The molecule has 23 heavy (non-hydrogen) atoms. The van der Waals surface area contributed by atoms with Gasteiger partial charge < -0.3 is 14.5 Å². The zero-order valence-electron chi connectivity index (χ0n) is 12.6. The number of hydrogen-bond acceptors (Lipinski definition) is 6. The van der Waals surface area contributed by atoms with Crippen LogP contribution in [0.3, 0.4) is 0 Å². The van der Waals surface area contributed by atoms with Crippen molar-refractivity contribution in [3.05, 3.63) is 54.2 Å². The Bertz CT molecular complexity index is 779. The van der Waals surface area contributed by atoms with E-state index in [1.165, 1.54) is 17.8 Å². The van der Waals surface area contributed by atoms with Crippen molar-refractivity contribution in [3.63, 3.8) is 0 Å². The number of aromatic nitrogens is 2. The van der Waals surface area contributed by atoms with E-state index >= 15 is 0 Å². The molecule has 0 spiro atoms. The van der Waals surface area contributed by atoms with Crippen molar-refractivity contribution in [2.24, 2.45) is 0 Å². The Morgan fingerprint density at radius 3 is 2.65 bits per heavy atom. The zero-order chi connectivity index (χ0) is 16.2. The minimum atomic E-state index is -0.297.